The molecule has 0 saturated carbocycles. The first-order chi connectivity index (χ1) is 6.31. The van der Waals surface area contributed by atoms with E-state index in [-0.39, 0.29) is 0 Å². The summed E-state index contributed by atoms with van der Waals surface area (Å²) in [6.45, 7) is 6.13. The number of hydrogen-bond acceptors (Lipinski definition) is 2. The first-order valence-corrected chi connectivity index (χ1v) is 5.02. The molecule has 0 fully saturated rings. The molecule has 13 heavy (non-hydrogen) atoms. The lowest BCUT2D eigenvalue weighted by Crippen LogP contribution is -2.33. The van der Waals surface area contributed by atoms with E-state index in [2.05, 4.69) is 55.6 Å². The van der Waals surface area contributed by atoms with Crippen molar-refractivity contribution >= 4 is 0 Å². The molecule has 0 bridgehead atoms. The molecule has 0 aromatic rings. The monoisotopic (exact) mass is 182 g/mol. The number of nitrogens with zero attached hydrogens (tertiary/aromatic N) is 1. The molecule has 0 aliphatic rings. The van der Waals surface area contributed by atoms with Crippen molar-refractivity contribution in [3.8, 4) is 0 Å². The summed E-state index contributed by atoms with van der Waals surface area (Å²) in [7, 11) is 2.06. The fraction of sp³-hybridized carbons (Fsp3) is 0.636. The molecule has 0 aromatic heterocycles. The molecule has 0 heterocycles. The first-order valence-electron chi connectivity index (χ1n) is 5.02. The van der Waals surface area contributed by atoms with Crippen LogP contribution in [0.5, 0.6) is 0 Å². The Kier molecular flexibility index (Phi) is 9.05. The van der Waals surface area contributed by atoms with Crippen LogP contribution in [0.1, 0.15) is 26.7 Å². The zero-order chi connectivity index (χ0) is 9.94. The number of likely N-dealkylation sites (N-methyl/N-ethyl adjacent to an activating group) is 1. The van der Waals surface area contributed by atoms with Gasteiger partial charge in [0.25, 0.3) is 0 Å². The van der Waals surface area contributed by atoms with Gasteiger partial charge in [0.05, 0.1) is 0 Å². The summed E-state index contributed by atoms with van der Waals surface area (Å²) in [4.78, 5) is 0. The van der Waals surface area contributed by atoms with Gasteiger partial charge >= 0.3 is 0 Å². The fourth-order valence-corrected chi connectivity index (χ4v) is 1.04. The Balaban J connectivity index is 3.29. The van der Waals surface area contributed by atoms with E-state index in [0.717, 1.165) is 25.9 Å². The zero-order valence-corrected chi connectivity index (χ0v) is 9.09. The molecule has 0 aliphatic carbocycles. The van der Waals surface area contributed by atoms with Crippen LogP contribution in [0.15, 0.2) is 24.3 Å². The summed E-state index contributed by atoms with van der Waals surface area (Å²) < 4.78 is 0. The van der Waals surface area contributed by atoms with Gasteiger partial charge in [-0.25, -0.2) is 5.01 Å². The Labute approximate surface area is 82.3 Å². The molecule has 0 aromatic carbocycles. The van der Waals surface area contributed by atoms with Crippen LogP contribution in [-0.4, -0.2) is 25.1 Å². The Morgan fingerprint density at radius 3 is 2.46 bits per heavy atom. The molecule has 0 aliphatic heterocycles. The highest BCUT2D eigenvalue weighted by molar-refractivity contribution is 4.87. The highest BCUT2D eigenvalue weighted by Gasteiger charge is 1.88. The average molecular weight is 182 g/mol. The quantitative estimate of drug-likeness (QED) is 0.369. The molecular formula is C11H22N2. The minimum Gasteiger partial charge on any atom is -0.255 e. The summed E-state index contributed by atoms with van der Waals surface area (Å²) in [6, 6.07) is 0. The molecular weight excluding hydrogens is 160 g/mol. The second-order valence-corrected chi connectivity index (χ2v) is 3.01. The smallest absolute Gasteiger partial charge is 0.0308 e. The van der Waals surface area contributed by atoms with Gasteiger partial charge in [-0.3, -0.25) is 5.43 Å². The normalized spacial score (nSPS) is 12.3. The Hall–Kier alpha value is -0.600. The third-order valence-corrected chi connectivity index (χ3v) is 1.71. The van der Waals surface area contributed by atoms with E-state index in [1.165, 1.54) is 0 Å². The molecule has 0 amide bonds. The standard InChI is InChI=1S/C11H22N2/c1-4-6-7-8-9-10-11-13(3)12-5-2/h4,6,9-10,12H,5,7-8,11H2,1-3H3. The second kappa shape index (κ2) is 9.49. The summed E-state index contributed by atoms with van der Waals surface area (Å²) >= 11 is 0. The average Bonchev–Trinajstić information content (AvgIpc) is 2.11. The van der Waals surface area contributed by atoms with E-state index in [1.54, 1.807) is 0 Å². The van der Waals surface area contributed by atoms with Crippen molar-refractivity contribution in [2.45, 2.75) is 26.7 Å². The number of hydrogen-bond donors (Lipinski definition) is 1. The van der Waals surface area contributed by atoms with Crippen LogP contribution in [0.25, 0.3) is 0 Å². The van der Waals surface area contributed by atoms with Gasteiger partial charge in [-0.15, -0.1) is 0 Å². The largest absolute Gasteiger partial charge is 0.255 e. The second-order valence-electron chi connectivity index (χ2n) is 3.01. The number of allylic oxidation sites excluding steroid dienone is 3. The molecule has 0 atom stereocenters. The fourth-order valence-electron chi connectivity index (χ4n) is 1.04. The van der Waals surface area contributed by atoms with Crippen molar-refractivity contribution in [3.05, 3.63) is 24.3 Å². The predicted molar refractivity (Wildman–Crippen MR) is 59.5 cm³/mol. The van der Waals surface area contributed by atoms with Gasteiger partial charge in [0.15, 0.2) is 0 Å². The third-order valence-electron chi connectivity index (χ3n) is 1.71. The predicted octanol–water partition coefficient (Wildman–Crippen LogP) is 2.36. The molecule has 1 N–H and O–H groups in total. The van der Waals surface area contributed by atoms with Crippen LogP contribution in [0, 0.1) is 0 Å². The Morgan fingerprint density at radius 2 is 1.85 bits per heavy atom. The molecule has 2 nitrogen and oxygen atoms in total. The maximum absolute atomic E-state index is 3.22. The highest BCUT2D eigenvalue weighted by atomic mass is 15.5. The van der Waals surface area contributed by atoms with Crippen LogP contribution in [0.2, 0.25) is 0 Å². The van der Waals surface area contributed by atoms with Gasteiger partial charge in [-0.05, 0) is 19.8 Å². The molecule has 0 rings (SSSR count). The zero-order valence-electron chi connectivity index (χ0n) is 9.09. The number of nitrogens with one attached hydrogen (secondary N) is 1. The van der Waals surface area contributed by atoms with E-state index >= 15 is 0 Å². The molecule has 0 radical (unpaired) electrons. The Bertz CT molecular complexity index is 150. The topological polar surface area (TPSA) is 15.3 Å². The SMILES string of the molecule is CC=CCCC=CCN(C)NCC. The molecule has 2 heteroatoms. The number of unbranched alkanes of at least 4 members (excludes halogenated alkanes) is 1. The van der Waals surface area contributed by atoms with Crippen LogP contribution in [0.4, 0.5) is 0 Å². The minimum absolute atomic E-state index is 0.976. The van der Waals surface area contributed by atoms with Gasteiger partial charge in [0, 0.05) is 20.1 Å². The van der Waals surface area contributed by atoms with Gasteiger partial charge in [-0.1, -0.05) is 31.2 Å². The van der Waals surface area contributed by atoms with E-state index in [9.17, 15) is 0 Å². The lowest BCUT2D eigenvalue weighted by Gasteiger charge is -2.13. The van der Waals surface area contributed by atoms with E-state index in [0.29, 0.717) is 0 Å². The van der Waals surface area contributed by atoms with E-state index < -0.39 is 0 Å². The van der Waals surface area contributed by atoms with Crippen LogP contribution in [0.3, 0.4) is 0 Å². The third kappa shape index (κ3) is 9.31. The van der Waals surface area contributed by atoms with Gasteiger partial charge < -0.3 is 0 Å². The number of rotatable bonds is 7. The van der Waals surface area contributed by atoms with Crippen LogP contribution < -0.4 is 5.43 Å². The molecule has 0 saturated heterocycles. The maximum Gasteiger partial charge on any atom is 0.0308 e. The van der Waals surface area contributed by atoms with Gasteiger partial charge in [0.1, 0.15) is 0 Å². The molecule has 0 unspecified atom stereocenters. The van der Waals surface area contributed by atoms with Crippen LogP contribution >= 0.6 is 0 Å². The Morgan fingerprint density at radius 1 is 1.15 bits per heavy atom. The van der Waals surface area contributed by atoms with E-state index in [4.69, 9.17) is 0 Å². The molecule has 0 spiro atoms. The lowest BCUT2D eigenvalue weighted by atomic mass is 10.3. The molecule has 76 valence electrons. The number of hydrazine groups is 1. The van der Waals surface area contributed by atoms with Crippen molar-refractivity contribution in [1.29, 1.82) is 0 Å². The van der Waals surface area contributed by atoms with E-state index in [1.807, 2.05) is 0 Å². The van der Waals surface area contributed by atoms with Crippen molar-refractivity contribution in [2.75, 3.05) is 20.1 Å². The van der Waals surface area contributed by atoms with Crippen LogP contribution in [-0.2, 0) is 0 Å². The lowest BCUT2D eigenvalue weighted by molar-refractivity contribution is 0.268. The van der Waals surface area contributed by atoms with Crippen molar-refractivity contribution in [1.82, 2.24) is 10.4 Å². The van der Waals surface area contributed by atoms with Gasteiger partial charge in [0.2, 0.25) is 0 Å². The van der Waals surface area contributed by atoms with Crippen molar-refractivity contribution in [3.63, 3.8) is 0 Å². The van der Waals surface area contributed by atoms with Gasteiger partial charge in [-0.2, -0.15) is 0 Å². The first kappa shape index (κ1) is 12.4. The minimum atomic E-state index is 0.976. The maximum atomic E-state index is 3.22. The summed E-state index contributed by atoms with van der Waals surface area (Å²) in [5.74, 6) is 0. The van der Waals surface area contributed by atoms with Crippen molar-refractivity contribution in [2.24, 2.45) is 0 Å². The summed E-state index contributed by atoms with van der Waals surface area (Å²) in [6.07, 6.45) is 11.0. The summed E-state index contributed by atoms with van der Waals surface area (Å²) in [5, 5.41) is 2.09. The highest BCUT2D eigenvalue weighted by Crippen LogP contribution is 1.92. The summed E-state index contributed by atoms with van der Waals surface area (Å²) in [5.41, 5.74) is 3.22. The van der Waals surface area contributed by atoms with Crippen molar-refractivity contribution < 1.29 is 0 Å².